The van der Waals surface area contributed by atoms with Crippen molar-refractivity contribution < 1.29 is 23.8 Å². The average Bonchev–Trinajstić information content (AvgIpc) is 2.78. The van der Waals surface area contributed by atoms with Crippen molar-refractivity contribution in [2.75, 3.05) is 13.7 Å². The van der Waals surface area contributed by atoms with Crippen molar-refractivity contribution in [3.05, 3.63) is 71.2 Å². The second-order valence-electron chi connectivity index (χ2n) is 6.74. The van der Waals surface area contributed by atoms with Crippen LogP contribution >= 0.6 is 12.2 Å². The van der Waals surface area contributed by atoms with Gasteiger partial charge in [0.2, 0.25) is 0 Å². The summed E-state index contributed by atoms with van der Waals surface area (Å²) in [7, 11) is 1.47. The van der Waals surface area contributed by atoms with Crippen molar-refractivity contribution in [3.63, 3.8) is 0 Å². The van der Waals surface area contributed by atoms with Crippen molar-refractivity contribution in [2.24, 2.45) is 0 Å². The topological polar surface area (TPSA) is 98.8 Å². The Bertz CT molecular complexity index is 1080. The smallest absolute Gasteiger partial charge is 0.338 e. The Morgan fingerprint density at radius 1 is 1.19 bits per heavy atom. The number of methoxy groups -OCH3 is 1. The van der Waals surface area contributed by atoms with E-state index >= 15 is 0 Å². The number of aromatic nitrogens is 1. The van der Waals surface area contributed by atoms with Crippen LogP contribution < -0.4 is 20.1 Å². The largest absolute Gasteiger partial charge is 0.493 e. The van der Waals surface area contributed by atoms with Gasteiger partial charge >= 0.3 is 11.9 Å². The molecule has 2 heterocycles. The molecule has 3 rings (SSSR count). The molecule has 32 heavy (non-hydrogen) atoms. The molecule has 0 amide bonds. The first-order valence-electron chi connectivity index (χ1n) is 9.86. The number of thiocarbonyl (C=S) groups is 1. The van der Waals surface area contributed by atoms with Gasteiger partial charge < -0.3 is 24.8 Å². The first-order valence-corrected chi connectivity index (χ1v) is 10.3. The van der Waals surface area contributed by atoms with Crippen molar-refractivity contribution in [1.29, 1.82) is 0 Å². The standard InChI is InChI=1S/C23H23N3O5S/c1-4-30-22(28)20-14(2)25-23(32)26-21(20)16-6-7-17(18(13-16)29-3)31-19(27)8-5-15-9-11-24-12-10-15/h5-13,21H,4H2,1-3H3,(H2,25,26,32)/b8-5+. The highest BCUT2D eigenvalue weighted by Crippen LogP contribution is 2.34. The van der Waals surface area contributed by atoms with Gasteiger partial charge in [0.15, 0.2) is 16.6 Å². The minimum Gasteiger partial charge on any atom is -0.493 e. The van der Waals surface area contributed by atoms with E-state index in [1.165, 1.54) is 13.2 Å². The van der Waals surface area contributed by atoms with Crippen LogP contribution in [0, 0.1) is 0 Å². The predicted octanol–water partition coefficient (Wildman–Crippen LogP) is 3.06. The highest BCUT2D eigenvalue weighted by molar-refractivity contribution is 7.80. The van der Waals surface area contributed by atoms with Gasteiger partial charge in [0.25, 0.3) is 0 Å². The predicted molar refractivity (Wildman–Crippen MR) is 123 cm³/mol. The molecule has 0 saturated heterocycles. The molecule has 2 aromatic rings. The molecule has 0 fully saturated rings. The summed E-state index contributed by atoms with van der Waals surface area (Å²) < 4.78 is 16.0. The molecular weight excluding hydrogens is 430 g/mol. The number of nitrogens with zero attached hydrogens (tertiary/aromatic N) is 1. The molecule has 0 spiro atoms. The third kappa shape index (κ3) is 5.50. The summed E-state index contributed by atoms with van der Waals surface area (Å²) in [6.07, 6.45) is 6.21. The number of hydrogen-bond acceptors (Lipinski definition) is 7. The van der Waals surface area contributed by atoms with E-state index in [9.17, 15) is 9.59 Å². The molecule has 166 valence electrons. The Balaban J connectivity index is 1.84. The van der Waals surface area contributed by atoms with E-state index in [2.05, 4.69) is 15.6 Å². The summed E-state index contributed by atoms with van der Waals surface area (Å²) in [5, 5.41) is 6.42. The van der Waals surface area contributed by atoms with Gasteiger partial charge in [-0.1, -0.05) is 6.07 Å². The van der Waals surface area contributed by atoms with Gasteiger partial charge in [-0.25, -0.2) is 9.59 Å². The number of pyridine rings is 1. The summed E-state index contributed by atoms with van der Waals surface area (Å²) in [4.78, 5) is 28.7. The average molecular weight is 454 g/mol. The Kier molecular flexibility index (Phi) is 7.56. The maximum absolute atomic E-state index is 12.5. The second kappa shape index (κ2) is 10.5. The third-order valence-electron chi connectivity index (χ3n) is 4.61. The molecule has 1 aromatic carbocycles. The molecule has 9 heteroatoms. The number of benzene rings is 1. The van der Waals surface area contributed by atoms with E-state index in [1.807, 2.05) is 0 Å². The summed E-state index contributed by atoms with van der Waals surface area (Å²) in [6, 6.07) is 8.02. The zero-order chi connectivity index (χ0) is 23.1. The van der Waals surface area contributed by atoms with Gasteiger partial charge in [-0.2, -0.15) is 0 Å². The lowest BCUT2D eigenvalue weighted by Gasteiger charge is -2.30. The zero-order valence-electron chi connectivity index (χ0n) is 17.9. The van der Waals surface area contributed by atoms with Crippen LogP contribution in [0.5, 0.6) is 11.5 Å². The van der Waals surface area contributed by atoms with Crippen molar-refractivity contribution >= 4 is 35.3 Å². The summed E-state index contributed by atoms with van der Waals surface area (Å²) in [6.45, 7) is 3.75. The van der Waals surface area contributed by atoms with Gasteiger partial charge in [-0.05, 0) is 67.5 Å². The summed E-state index contributed by atoms with van der Waals surface area (Å²) >= 11 is 5.26. The van der Waals surface area contributed by atoms with Crippen LogP contribution in [0.2, 0.25) is 0 Å². The van der Waals surface area contributed by atoms with Crippen LogP contribution in [0.25, 0.3) is 6.08 Å². The lowest BCUT2D eigenvalue weighted by atomic mass is 9.95. The number of rotatable bonds is 7. The second-order valence-corrected chi connectivity index (χ2v) is 7.14. The first-order chi connectivity index (χ1) is 15.4. The van der Waals surface area contributed by atoms with Gasteiger partial charge in [0, 0.05) is 24.2 Å². The molecule has 0 bridgehead atoms. The fourth-order valence-electron chi connectivity index (χ4n) is 3.15. The number of allylic oxidation sites excluding steroid dienone is 1. The number of carbonyl (C=O) groups excluding carboxylic acids is 2. The van der Waals surface area contributed by atoms with Crippen LogP contribution in [0.4, 0.5) is 0 Å². The van der Waals surface area contributed by atoms with E-state index in [0.717, 1.165) is 5.56 Å². The quantitative estimate of drug-likeness (QED) is 0.284. The fourth-order valence-corrected chi connectivity index (χ4v) is 3.42. The molecule has 0 aliphatic carbocycles. The van der Waals surface area contributed by atoms with Crippen LogP contribution in [0.3, 0.4) is 0 Å². The molecule has 0 saturated carbocycles. The minimum atomic E-state index is -0.558. The minimum absolute atomic E-state index is 0.246. The molecule has 1 atom stereocenters. The number of nitrogens with one attached hydrogen (secondary N) is 2. The highest BCUT2D eigenvalue weighted by atomic mass is 32.1. The molecule has 0 radical (unpaired) electrons. The number of hydrogen-bond donors (Lipinski definition) is 2. The van der Waals surface area contributed by atoms with E-state index in [-0.39, 0.29) is 12.4 Å². The normalized spacial score (nSPS) is 15.7. The van der Waals surface area contributed by atoms with E-state index in [4.69, 9.17) is 26.4 Å². The van der Waals surface area contributed by atoms with Gasteiger partial charge in [0.05, 0.1) is 25.3 Å². The van der Waals surface area contributed by atoms with Gasteiger partial charge in [-0.15, -0.1) is 0 Å². The SMILES string of the molecule is CCOC(=O)C1=C(C)NC(=S)NC1c1ccc(OC(=O)/C=C/c2ccncc2)c(OC)c1. The molecule has 1 aliphatic heterocycles. The fraction of sp³-hybridized carbons (Fsp3) is 0.217. The van der Waals surface area contributed by atoms with Crippen molar-refractivity contribution in [2.45, 2.75) is 19.9 Å². The number of ether oxygens (including phenoxy) is 3. The molecule has 2 N–H and O–H groups in total. The van der Waals surface area contributed by atoms with Crippen LogP contribution in [-0.4, -0.2) is 35.8 Å². The Hall–Kier alpha value is -3.72. The van der Waals surface area contributed by atoms with Crippen molar-refractivity contribution in [3.8, 4) is 11.5 Å². The Morgan fingerprint density at radius 2 is 1.94 bits per heavy atom. The van der Waals surface area contributed by atoms with Crippen LogP contribution in [0.1, 0.15) is 31.0 Å². The summed E-state index contributed by atoms with van der Waals surface area (Å²) in [5.41, 5.74) is 2.53. The molecule has 1 aromatic heterocycles. The Labute approximate surface area is 191 Å². The maximum Gasteiger partial charge on any atom is 0.338 e. The third-order valence-corrected chi connectivity index (χ3v) is 4.83. The summed E-state index contributed by atoms with van der Waals surface area (Å²) in [5.74, 6) is -0.430. The van der Waals surface area contributed by atoms with Crippen LogP contribution in [0.15, 0.2) is 60.1 Å². The highest BCUT2D eigenvalue weighted by Gasteiger charge is 2.31. The lowest BCUT2D eigenvalue weighted by molar-refractivity contribution is -0.139. The van der Waals surface area contributed by atoms with Crippen LogP contribution in [-0.2, 0) is 14.3 Å². The molecule has 1 aliphatic rings. The van der Waals surface area contributed by atoms with E-state index in [1.54, 1.807) is 62.6 Å². The van der Waals surface area contributed by atoms with Gasteiger partial charge in [-0.3, -0.25) is 4.98 Å². The molecule has 1 unspecified atom stereocenters. The Morgan fingerprint density at radius 3 is 2.62 bits per heavy atom. The van der Waals surface area contributed by atoms with Crippen molar-refractivity contribution in [1.82, 2.24) is 15.6 Å². The first kappa shape index (κ1) is 23.0. The van der Waals surface area contributed by atoms with E-state index < -0.39 is 18.0 Å². The van der Waals surface area contributed by atoms with E-state index in [0.29, 0.717) is 27.7 Å². The monoisotopic (exact) mass is 453 g/mol. The molecule has 8 nitrogen and oxygen atoms in total. The zero-order valence-corrected chi connectivity index (χ0v) is 18.7. The molecular formula is C23H23N3O5S. The number of esters is 2. The maximum atomic E-state index is 12.5. The van der Waals surface area contributed by atoms with Gasteiger partial charge in [0.1, 0.15) is 0 Å². The number of carbonyl (C=O) groups is 2. The lowest BCUT2D eigenvalue weighted by Crippen LogP contribution is -2.45.